The standard InChI is InChI=1S/C76H147NO5/c1-3-5-7-9-11-13-15-17-19-20-34-37-41-44-48-52-56-60-64-68-74(79)73(72-78)77-75(80)69-65-61-57-53-49-45-42-38-35-32-30-28-26-24-22-21-23-25-27-29-31-33-36-39-43-47-51-55-59-63-67-71-82-76(81)70-66-62-58-54-50-46-40-18-16-14-12-10-8-6-4-2/h23,25,64,68,73-74,78-79H,3-22,24,26-63,65-67,69-72H2,1-2H3,(H,77,80)/b25-23-,68-64+. The maximum absolute atomic E-state index is 12.5. The summed E-state index contributed by atoms with van der Waals surface area (Å²) in [4.78, 5) is 24.6. The van der Waals surface area contributed by atoms with Crippen molar-refractivity contribution in [2.24, 2.45) is 0 Å². The van der Waals surface area contributed by atoms with Gasteiger partial charge in [0.15, 0.2) is 0 Å². The average Bonchev–Trinajstić information content (AvgIpc) is 3.48. The fraction of sp³-hybridized carbons (Fsp3) is 0.921. The summed E-state index contributed by atoms with van der Waals surface area (Å²) >= 11 is 0. The Balaban J connectivity index is 3.37. The van der Waals surface area contributed by atoms with Crippen LogP contribution in [0.3, 0.4) is 0 Å². The van der Waals surface area contributed by atoms with E-state index < -0.39 is 12.1 Å². The van der Waals surface area contributed by atoms with E-state index in [1.807, 2.05) is 6.08 Å². The van der Waals surface area contributed by atoms with Crippen molar-refractivity contribution in [1.82, 2.24) is 5.32 Å². The molecule has 6 nitrogen and oxygen atoms in total. The normalized spacial score (nSPS) is 12.6. The molecule has 0 heterocycles. The number of carbonyl (C=O) groups is 2. The van der Waals surface area contributed by atoms with Crippen molar-refractivity contribution in [2.75, 3.05) is 13.2 Å². The van der Waals surface area contributed by atoms with Gasteiger partial charge in [0, 0.05) is 12.8 Å². The third kappa shape index (κ3) is 67.5. The van der Waals surface area contributed by atoms with Crippen LogP contribution in [0, 0.1) is 0 Å². The highest BCUT2D eigenvalue weighted by molar-refractivity contribution is 5.76. The van der Waals surface area contributed by atoms with E-state index in [2.05, 4.69) is 31.3 Å². The maximum Gasteiger partial charge on any atom is 0.305 e. The van der Waals surface area contributed by atoms with E-state index >= 15 is 0 Å². The lowest BCUT2D eigenvalue weighted by Gasteiger charge is -2.20. The predicted octanol–water partition coefficient (Wildman–Crippen LogP) is 24.5. The van der Waals surface area contributed by atoms with Crippen LogP contribution < -0.4 is 5.32 Å². The van der Waals surface area contributed by atoms with Crippen LogP contribution in [0.5, 0.6) is 0 Å². The maximum atomic E-state index is 12.5. The van der Waals surface area contributed by atoms with Crippen LogP contribution in [-0.4, -0.2) is 47.4 Å². The first-order valence-electron chi connectivity index (χ1n) is 37.6. The number of carbonyl (C=O) groups excluding carboxylic acids is 2. The topological polar surface area (TPSA) is 95.9 Å². The van der Waals surface area contributed by atoms with Crippen LogP contribution in [0.15, 0.2) is 24.3 Å². The van der Waals surface area contributed by atoms with Gasteiger partial charge < -0.3 is 20.3 Å². The highest BCUT2D eigenvalue weighted by Gasteiger charge is 2.18. The minimum absolute atomic E-state index is 0.0211. The van der Waals surface area contributed by atoms with Crippen LogP contribution in [-0.2, 0) is 14.3 Å². The molecular weight excluding hydrogens is 1010 g/mol. The second kappa shape index (κ2) is 71.8. The van der Waals surface area contributed by atoms with Gasteiger partial charge in [0.05, 0.1) is 25.4 Å². The van der Waals surface area contributed by atoms with E-state index in [0.717, 1.165) is 38.5 Å². The van der Waals surface area contributed by atoms with Crippen LogP contribution in [0.2, 0.25) is 0 Å². The molecule has 1 amide bonds. The number of allylic oxidation sites excluding steroid dienone is 3. The lowest BCUT2D eigenvalue weighted by molar-refractivity contribution is -0.143. The van der Waals surface area contributed by atoms with Gasteiger partial charge in [0.25, 0.3) is 0 Å². The zero-order valence-corrected chi connectivity index (χ0v) is 55.8. The van der Waals surface area contributed by atoms with Gasteiger partial charge in [-0.25, -0.2) is 0 Å². The first kappa shape index (κ1) is 80.3. The monoisotopic (exact) mass is 1150 g/mol. The fourth-order valence-electron chi connectivity index (χ4n) is 12.0. The summed E-state index contributed by atoms with van der Waals surface area (Å²) in [6.07, 6.45) is 91.4. The largest absolute Gasteiger partial charge is 0.466 e. The van der Waals surface area contributed by atoms with Gasteiger partial charge in [-0.05, 0) is 57.8 Å². The van der Waals surface area contributed by atoms with Gasteiger partial charge in [-0.2, -0.15) is 0 Å². The molecule has 0 aromatic carbocycles. The number of hydrogen-bond donors (Lipinski definition) is 3. The Hall–Kier alpha value is -1.66. The SMILES string of the molecule is CCCCCCCCCCCCCCCCCCC/C=C/C(O)C(CO)NC(=O)CCCCCCCCCCCCCCCCC/C=C\CCCCCCCCCCCCCCOC(=O)CCCCCCCCCCCCCCCCC. The zero-order valence-electron chi connectivity index (χ0n) is 55.8. The van der Waals surface area contributed by atoms with Crippen molar-refractivity contribution in [3.8, 4) is 0 Å². The molecule has 0 aliphatic carbocycles. The molecule has 2 unspecified atom stereocenters. The molecule has 0 aliphatic rings. The first-order valence-corrected chi connectivity index (χ1v) is 37.6. The number of hydrogen-bond acceptors (Lipinski definition) is 5. The number of rotatable bonds is 71. The highest BCUT2D eigenvalue weighted by Crippen LogP contribution is 2.19. The average molecular weight is 1160 g/mol. The molecule has 0 radical (unpaired) electrons. The second-order valence-corrected chi connectivity index (χ2v) is 26.0. The van der Waals surface area contributed by atoms with E-state index in [0.29, 0.717) is 19.4 Å². The molecule has 0 bridgehead atoms. The smallest absolute Gasteiger partial charge is 0.305 e. The number of unbranched alkanes of at least 4 members (excludes halogenated alkanes) is 58. The highest BCUT2D eigenvalue weighted by atomic mass is 16.5. The minimum atomic E-state index is -0.843. The number of ether oxygens (including phenoxy) is 1. The molecule has 0 saturated heterocycles. The lowest BCUT2D eigenvalue weighted by Crippen LogP contribution is -2.45. The molecule has 0 fully saturated rings. The fourth-order valence-corrected chi connectivity index (χ4v) is 12.0. The molecule has 0 aliphatic heterocycles. The molecule has 82 heavy (non-hydrogen) atoms. The number of nitrogens with one attached hydrogen (secondary N) is 1. The number of aliphatic hydroxyl groups is 2. The van der Waals surface area contributed by atoms with Crippen LogP contribution in [0.4, 0.5) is 0 Å². The first-order chi connectivity index (χ1) is 40.5. The van der Waals surface area contributed by atoms with Gasteiger partial charge >= 0.3 is 5.97 Å². The molecule has 6 heteroatoms. The second-order valence-electron chi connectivity index (χ2n) is 26.0. The molecule has 0 saturated carbocycles. The summed E-state index contributed by atoms with van der Waals surface area (Å²) in [5, 5.41) is 23.2. The summed E-state index contributed by atoms with van der Waals surface area (Å²) < 4.78 is 5.50. The van der Waals surface area contributed by atoms with Gasteiger partial charge in [-0.15, -0.1) is 0 Å². The summed E-state index contributed by atoms with van der Waals surface area (Å²) in [5.41, 5.74) is 0. The van der Waals surface area contributed by atoms with Crippen molar-refractivity contribution >= 4 is 11.9 Å². The van der Waals surface area contributed by atoms with E-state index in [-0.39, 0.29) is 18.5 Å². The summed E-state index contributed by atoms with van der Waals surface area (Å²) in [6, 6.07) is -0.627. The Morgan fingerprint density at radius 3 is 0.866 bits per heavy atom. The summed E-state index contributed by atoms with van der Waals surface area (Å²) in [6.45, 7) is 4.95. The Bertz CT molecular complexity index is 1280. The number of esters is 1. The Kier molecular flexibility index (Phi) is 70.4. The quantitative estimate of drug-likeness (QED) is 0.0320. The van der Waals surface area contributed by atoms with E-state index in [9.17, 15) is 19.8 Å². The van der Waals surface area contributed by atoms with Gasteiger partial charge in [0.1, 0.15) is 0 Å². The molecule has 0 aromatic rings. The van der Waals surface area contributed by atoms with E-state index in [4.69, 9.17) is 4.74 Å². The lowest BCUT2D eigenvalue weighted by atomic mass is 10.0. The van der Waals surface area contributed by atoms with E-state index in [1.54, 1.807) is 6.08 Å². The minimum Gasteiger partial charge on any atom is -0.466 e. The number of amides is 1. The molecule has 0 spiro atoms. The molecule has 0 aromatic heterocycles. The molecule has 486 valence electrons. The molecule has 0 rings (SSSR count). The van der Waals surface area contributed by atoms with Gasteiger partial charge in [-0.3, -0.25) is 9.59 Å². The Labute approximate surface area is 513 Å². The van der Waals surface area contributed by atoms with Gasteiger partial charge in [-0.1, -0.05) is 378 Å². The van der Waals surface area contributed by atoms with Crippen LogP contribution in [0.25, 0.3) is 0 Å². The van der Waals surface area contributed by atoms with Crippen LogP contribution >= 0.6 is 0 Å². The van der Waals surface area contributed by atoms with E-state index in [1.165, 1.54) is 360 Å². The third-order valence-electron chi connectivity index (χ3n) is 17.7. The van der Waals surface area contributed by atoms with Crippen molar-refractivity contribution < 1.29 is 24.5 Å². The van der Waals surface area contributed by atoms with Crippen molar-refractivity contribution in [3.63, 3.8) is 0 Å². The zero-order chi connectivity index (χ0) is 59.2. The molecule has 2 atom stereocenters. The van der Waals surface area contributed by atoms with Gasteiger partial charge in [0.2, 0.25) is 5.91 Å². The third-order valence-corrected chi connectivity index (χ3v) is 17.7. The summed E-state index contributed by atoms with van der Waals surface area (Å²) in [5.74, 6) is -0.0407. The molecule has 3 N–H and O–H groups in total. The molecular formula is C76H147NO5. The van der Waals surface area contributed by atoms with Crippen molar-refractivity contribution in [3.05, 3.63) is 24.3 Å². The number of aliphatic hydroxyl groups excluding tert-OH is 2. The van der Waals surface area contributed by atoms with Crippen molar-refractivity contribution in [1.29, 1.82) is 0 Å². The summed E-state index contributed by atoms with van der Waals surface area (Å²) in [7, 11) is 0. The van der Waals surface area contributed by atoms with Crippen LogP contribution in [0.1, 0.15) is 425 Å². The Morgan fingerprint density at radius 1 is 0.329 bits per heavy atom. The van der Waals surface area contributed by atoms with Crippen molar-refractivity contribution in [2.45, 2.75) is 437 Å². The Morgan fingerprint density at radius 2 is 0.573 bits per heavy atom. The predicted molar refractivity (Wildman–Crippen MR) is 361 cm³/mol.